The quantitative estimate of drug-likeness (QED) is 0.619. The SMILES string of the molecule is COc1cc(C)ccc1OCC(=O)OCC(=O)N(Cc1ccccc1)C(C)C. The lowest BCUT2D eigenvalue weighted by molar-refractivity contribution is -0.154. The van der Waals surface area contributed by atoms with Gasteiger partial charge in [0.25, 0.3) is 5.91 Å². The molecule has 0 saturated carbocycles. The maximum absolute atomic E-state index is 12.5. The number of rotatable bonds is 9. The molecule has 0 aliphatic rings. The molecular formula is C22H27NO5. The van der Waals surface area contributed by atoms with E-state index >= 15 is 0 Å². The second kappa shape index (κ2) is 10.3. The molecule has 6 nitrogen and oxygen atoms in total. The molecule has 2 aromatic rings. The largest absolute Gasteiger partial charge is 0.493 e. The van der Waals surface area contributed by atoms with E-state index in [9.17, 15) is 9.59 Å². The molecule has 0 bridgehead atoms. The molecule has 0 atom stereocenters. The Morgan fingerprint density at radius 2 is 1.71 bits per heavy atom. The van der Waals surface area contributed by atoms with Crippen molar-refractivity contribution in [3.63, 3.8) is 0 Å². The summed E-state index contributed by atoms with van der Waals surface area (Å²) >= 11 is 0. The summed E-state index contributed by atoms with van der Waals surface area (Å²) in [6, 6.07) is 15.1. The van der Waals surface area contributed by atoms with Gasteiger partial charge in [0.05, 0.1) is 7.11 Å². The first kappa shape index (κ1) is 21.3. The molecule has 0 spiro atoms. The van der Waals surface area contributed by atoms with E-state index < -0.39 is 5.97 Å². The van der Waals surface area contributed by atoms with Gasteiger partial charge in [0.1, 0.15) is 0 Å². The van der Waals surface area contributed by atoms with E-state index in [0.29, 0.717) is 18.0 Å². The van der Waals surface area contributed by atoms with Crippen LogP contribution in [0.25, 0.3) is 0 Å². The molecule has 0 aliphatic heterocycles. The topological polar surface area (TPSA) is 65.1 Å². The number of ether oxygens (including phenoxy) is 3. The normalized spacial score (nSPS) is 10.5. The van der Waals surface area contributed by atoms with Crippen LogP contribution in [-0.4, -0.2) is 43.1 Å². The van der Waals surface area contributed by atoms with Crippen molar-refractivity contribution >= 4 is 11.9 Å². The van der Waals surface area contributed by atoms with Gasteiger partial charge in [-0.3, -0.25) is 4.79 Å². The van der Waals surface area contributed by atoms with Gasteiger partial charge >= 0.3 is 5.97 Å². The third-order valence-corrected chi connectivity index (χ3v) is 4.16. The van der Waals surface area contributed by atoms with Gasteiger partial charge in [0, 0.05) is 12.6 Å². The maximum atomic E-state index is 12.5. The zero-order chi connectivity index (χ0) is 20.5. The average Bonchev–Trinajstić information content (AvgIpc) is 2.69. The highest BCUT2D eigenvalue weighted by atomic mass is 16.6. The molecule has 0 unspecified atom stereocenters. The standard InChI is InChI=1S/C22H27NO5/c1-16(2)23(13-18-8-6-5-7-9-18)21(24)14-28-22(25)15-27-19-11-10-17(3)12-20(19)26-4/h5-12,16H,13-15H2,1-4H3. The molecule has 2 aromatic carbocycles. The van der Waals surface area contributed by atoms with Gasteiger partial charge in [0.2, 0.25) is 0 Å². The van der Waals surface area contributed by atoms with Crippen LogP contribution in [0.3, 0.4) is 0 Å². The van der Waals surface area contributed by atoms with Crippen LogP contribution in [0.2, 0.25) is 0 Å². The number of hydrogen-bond donors (Lipinski definition) is 0. The summed E-state index contributed by atoms with van der Waals surface area (Å²) in [6.07, 6.45) is 0. The monoisotopic (exact) mass is 385 g/mol. The first-order valence-corrected chi connectivity index (χ1v) is 9.17. The summed E-state index contributed by atoms with van der Waals surface area (Å²) in [4.78, 5) is 26.1. The fourth-order valence-electron chi connectivity index (χ4n) is 2.64. The van der Waals surface area contributed by atoms with Crippen molar-refractivity contribution in [3.8, 4) is 11.5 Å². The van der Waals surface area contributed by atoms with Crippen molar-refractivity contribution < 1.29 is 23.8 Å². The van der Waals surface area contributed by atoms with E-state index in [4.69, 9.17) is 14.2 Å². The van der Waals surface area contributed by atoms with Gasteiger partial charge in [-0.25, -0.2) is 4.79 Å². The highest BCUT2D eigenvalue weighted by molar-refractivity contribution is 5.81. The van der Waals surface area contributed by atoms with Crippen LogP contribution in [0.5, 0.6) is 11.5 Å². The zero-order valence-electron chi connectivity index (χ0n) is 16.8. The van der Waals surface area contributed by atoms with Gasteiger partial charge in [-0.15, -0.1) is 0 Å². The minimum absolute atomic E-state index is 0.0144. The molecule has 6 heteroatoms. The van der Waals surface area contributed by atoms with Crippen LogP contribution in [0, 0.1) is 6.92 Å². The molecule has 0 aromatic heterocycles. The predicted octanol–water partition coefficient (Wildman–Crippen LogP) is 3.36. The lowest BCUT2D eigenvalue weighted by atomic mass is 10.2. The van der Waals surface area contributed by atoms with E-state index in [-0.39, 0.29) is 25.2 Å². The third-order valence-electron chi connectivity index (χ3n) is 4.16. The molecule has 0 heterocycles. The Morgan fingerprint density at radius 1 is 1.00 bits per heavy atom. The second-order valence-corrected chi connectivity index (χ2v) is 6.70. The number of nitrogens with zero attached hydrogens (tertiary/aromatic N) is 1. The van der Waals surface area contributed by atoms with Gasteiger partial charge in [-0.05, 0) is 44.0 Å². The summed E-state index contributed by atoms with van der Waals surface area (Å²) in [6.45, 7) is 5.63. The number of carbonyl (C=O) groups excluding carboxylic acids is 2. The number of carbonyl (C=O) groups is 2. The maximum Gasteiger partial charge on any atom is 0.344 e. The van der Waals surface area contributed by atoms with Crippen molar-refractivity contribution in [1.82, 2.24) is 4.90 Å². The summed E-state index contributed by atoms with van der Waals surface area (Å²) < 4.78 is 15.8. The zero-order valence-corrected chi connectivity index (χ0v) is 16.8. The number of hydrogen-bond acceptors (Lipinski definition) is 5. The van der Waals surface area contributed by atoms with Gasteiger partial charge in [-0.2, -0.15) is 0 Å². The average molecular weight is 385 g/mol. The minimum Gasteiger partial charge on any atom is -0.493 e. The van der Waals surface area contributed by atoms with Crippen molar-refractivity contribution in [2.45, 2.75) is 33.4 Å². The molecule has 2 rings (SSSR count). The Morgan fingerprint density at radius 3 is 2.36 bits per heavy atom. The van der Waals surface area contributed by atoms with E-state index in [1.807, 2.05) is 63.2 Å². The molecule has 0 saturated heterocycles. The first-order chi connectivity index (χ1) is 13.4. The van der Waals surface area contributed by atoms with Crippen molar-refractivity contribution in [1.29, 1.82) is 0 Å². The van der Waals surface area contributed by atoms with Gasteiger partial charge < -0.3 is 19.1 Å². The van der Waals surface area contributed by atoms with E-state index in [2.05, 4.69) is 0 Å². The number of amides is 1. The van der Waals surface area contributed by atoms with Crippen LogP contribution in [0.1, 0.15) is 25.0 Å². The van der Waals surface area contributed by atoms with Crippen LogP contribution >= 0.6 is 0 Å². The highest BCUT2D eigenvalue weighted by Gasteiger charge is 2.19. The Bertz CT molecular complexity index is 789. The second-order valence-electron chi connectivity index (χ2n) is 6.70. The molecule has 150 valence electrons. The van der Waals surface area contributed by atoms with E-state index in [1.165, 1.54) is 7.11 Å². The summed E-state index contributed by atoms with van der Waals surface area (Å²) in [5, 5.41) is 0. The fourth-order valence-corrected chi connectivity index (χ4v) is 2.64. The number of benzene rings is 2. The Balaban J connectivity index is 1.86. The molecule has 0 radical (unpaired) electrons. The summed E-state index contributed by atoms with van der Waals surface area (Å²) in [7, 11) is 1.53. The van der Waals surface area contributed by atoms with E-state index in [1.54, 1.807) is 11.0 Å². The minimum atomic E-state index is -0.612. The van der Waals surface area contributed by atoms with Crippen LogP contribution in [0.4, 0.5) is 0 Å². The van der Waals surface area contributed by atoms with Gasteiger partial charge in [-0.1, -0.05) is 36.4 Å². The highest BCUT2D eigenvalue weighted by Crippen LogP contribution is 2.27. The molecule has 0 fully saturated rings. The smallest absolute Gasteiger partial charge is 0.344 e. The molecule has 28 heavy (non-hydrogen) atoms. The molecule has 0 N–H and O–H groups in total. The predicted molar refractivity (Wildman–Crippen MR) is 106 cm³/mol. The van der Waals surface area contributed by atoms with E-state index in [0.717, 1.165) is 11.1 Å². The Kier molecular flexibility index (Phi) is 7.87. The van der Waals surface area contributed by atoms with Crippen molar-refractivity contribution in [2.24, 2.45) is 0 Å². The third kappa shape index (κ3) is 6.30. The summed E-state index contributed by atoms with van der Waals surface area (Å²) in [5.41, 5.74) is 2.04. The lowest BCUT2D eigenvalue weighted by Crippen LogP contribution is -2.39. The summed E-state index contributed by atoms with van der Waals surface area (Å²) in [5.74, 6) is 0.126. The molecule has 1 amide bonds. The number of esters is 1. The van der Waals surface area contributed by atoms with Crippen molar-refractivity contribution in [2.75, 3.05) is 20.3 Å². The first-order valence-electron chi connectivity index (χ1n) is 9.17. The van der Waals surface area contributed by atoms with Crippen LogP contribution < -0.4 is 9.47 Å². The lowest BCUT2D eigenvalue weighted by Gasteiger charge is -2.26. The molecular weight excluding hydrogens is 358 g/mol. The van der Waals surface area contributed by atoms with Crippen LogP contribution in [-0.2, 0) is 20.9 Å². The van der Waals surface area contributed by atoms with Gasteiger partial charge in [0.15, 0.2) is 24.7 Å². The Hall–Kier alpha value is -3.02. The van der Waals surface area contributed by atoms with Crippen molar-refractivity contribution in [3.05, 3.63) is 59.7 Å². The molecule has 0 aliphatic carbocycles. The fraction of sp³-hybridized carbons (Fsp3) is 0.364. The van der Waals surface area contributed by atoms with Crippen LogP contribution in [0.15, 0.2) is 48.5 Å². The number of aryl methyl sites for hydroxylation is 1. The number of methoxy groups -OCH3 is 1. The Labute approximate surface area is 166 Å².